The van der Waals surface area contributed by atoms with Crippen LogP contribution in [0.2, 0.25) is 0 Å². The predicted molar refractivity (Wildman–Crippen MR) is 77.4 cm³/mol. The number of nitrogens with zero attached hydrogens (tertiary/aromatic N) is 1. The highest BCUT2D eigenvalue weighted by Gasteiger charge is 2.29. The summed E-state index contributed by atoms with van der Waals surface area (Å²) in [5.41, 5.74) is 1.37. The summed E-state index contributed by atoms with van der Waals surface area (Å²) in [6.45, 7) is 3.76. The molecule has 2 amide bonds. The molecule has 1 atom stereocenters. The third-order valence-electron chi connectivity index (χ3n) is 3.59. The van der Waals surface area contributed by atoms with Gasteiger partial charge < -0.3 is 15.3 Å². The Labute approximate surface area is 122 Å². The molecule has 6 heteroatoms. The summed E-state index contributed by atoms with van der Waals surface area (Å²) in [4.78, 5) is 36.3. The zero-order valence-electron chi connectivity index (χ0n) is 12.0. The number of fused-ring (bicyclic) bond motifs is 1. The van der Waals surface area contributed by atoms with E-state index in [-0.39, 0.29) is 36.4 Å². The van der Waals surface area contributed by atoms with Crippen molar-refractivity contribution >= 4 is 23.5 Å². The van der Waals surface area contributed by atoms with E-state index in [0.29, 0.717) is 5.69 Å². The highest BCUT2D eigenvalue weighted by atomic mass is 16.4. The maximum atomic E-state index is 12.0. The van der Waals surface area contributed by atoms with Gasteiger partial charge >= 0.3 is 5.97 Å². The molecule has 1 aromatic rings. The Kier molecular flexibility index (Phi) is 4.26. The molecule has 2 N–H and O–H groups in total. The number of carbonyl (C=O) groups is 3. The van der Waals surface area contributed by atoms with Gasteiger partial charge in [0.15, 0.2) is 0 Å². The Morgan fingerprint density at radius 1 is 1.43 bits per heavy atom. The number of rotatable bonds is 5. The molecule has 0 aromatic heterocycles. The van der Waals surface area contributed by atoms with Gasteiger partial charge in [-0.25, -0.2) is 4.79 Å². The lowest BCUT2D eigenvalue weighted by molar-refractivity contribution is -0.123. The van der Waals surface area contributed by atoms with E-state index < -0.39 is 5.97 Å². The van der Waals surface area contributed by atoms with Crippen molar-refractivity contribution in [1.29, 1.82) is 0 Å². The number of benzene rings is 1. The second-order valence-electron chi connectivity index (χ2n) is 5.18. The monoisotopic (exact) mass is 290 g/mol. The highest BCUT2D eigenvalue weighted by molar-refractivity contribution is 6.06. The summed E-state index contributed by atoms with van der Waals surface area (Å²) in [6, 6.07) is 4.58. The Morgan fingerprint density at radius 3 is 2.76 bits per heavy atom. The van der Waals surface area contributed by atoms with Crippen molar-refractivity contribution < 1.29 is 19.5 Å². The normalized spacial score (nSPS) is 14.8. The van der Waals surface area contributed by atoms with Crippen molar-refractivity contribution in [2.45, 2.75) is 32.7 Å². The smallest absolute Gasteiger partial charge is 0.335 e. The first-order valence-corrected chi connectivity index (χ1v) is 6.88. The van der Waals surface area contributed by atoms with Crippen LogP contribution in [0.4, 0.5) is 5.69 Å². The van der Waals surface area contributed by atoms with Gasteiger partial charge in [0.25, 0.3) is 0 Å². The summed E-state index contributed by atoms with van der Waals surface area (Å²) in [7, 11) is 0. The summed E-state index contributed by atoms with van der Waals surface area (Å²) < 4.78 is 0. The molecular formula is C15H18N2O4. The maximum absolute atomic E-state index is 12.0. The third-order valence-corrected chi connectivity index (χ3v) is 3.59. The van der Waals surface area contributed by atoms with E-state index in [2.05, 4.69) is 5.32 Å². The summed E-state index contributed by atoms with van der Waals surface area (Å²) >= 11 is 0. The number of hydrogen-bond donors (Lipinski definition) is 2. The van der Waals surface area contributed by atoms with Crippen molar-refractivity contribution in [1.82, 2.24) is 5.32 Å². The fourth-order valence-electron chi connectivity index (χ4n) is 2.23. The maximum Gasteiger partial charge on any atom is 0.335 e. The zero-order valence-corrected chi connectivity index (χ0v) is 12.0. The molecule has 2 rings (SSSR count). The van der Waals surface area contributed by atoms with E-state index in [0.717, 1.165) is 12.0 Å². The van der Waals surface area contributed by atoms with Crippen molar-refractivity contribution in [2.24, 2.45) is 0 Å². The van der Waals surface area contributed by atoms with Gasteiger partial charge in [-0.15, -0.1) is 0 Å². The minimum absolute atomic E-state index is 0.0417. The number of anilines is 1. The molecule has 0 spiro atoms. The zero-order chi connectivity index (χ0) is 15.6. The SMILES string of the molecule is CCC(C)NC(=O)CN1C(=O)Cc2ccc(C(=O)O)cc21. The molecule has 1 aliphatic rings. The van der Waals surface area contributed by atoms with Gasteiger partial charge in [0.1, 0.15) is 6.54 Å². The highest BCUT2D eigenvalue weighted by Crippen LogP contribution is 2.29. The Bertz CT molecular complexity index is 597. The number of carboxylic acid groups (broad SMARTS) is 1. The van der Waals surface area contributed by atoms with Gasteiger partial charge in [0.05, 0.1) is 12.0 Å². The van der Waals surface area contributed by atoms with E-state index >= 15 is 0 Å². The molecule has 1 heterocycles. The molecule has 0 fully saturated rings. The van der Waals surface area contributed by atoms with Crippen LogP contribution in [-0.4, -0.2) is 35.5 Å². The first-order chi connectivity index (χ1) is 9.92. The fourth-order valence-corrected chi connectivity index (χ4v) is 2.23. The number of amides is 2. The number of aromatic carboxylic acids is 1. The standard InChI is InChI=1S/C15H18N2O4/c1-3-9(2)16-13(18)8-17-12-6-11(15(20)21)5-4-10(12)7-14(17)19/h4-6,9H,3,7-8H2,1-2H3,(H,16,18)(H,20,21). The summed E-state index contributed by atoms with van der Waals surface area (Å²) in [6.07, 6.45) is 1.01. The second kappa shape index (κ2) is 5.95. The molecule has 0 saturated heterocycles. The van der Waals surface area contributed by atoms with E-state index in [9.17, 15) is 14.4 Å². The van der Waals surface area contributed by atoms with E-state index in [4.69, 9.17) is 5.11 Å². The van der Waals surface area contributed by atoms with E-state index in [1.165, 1.54) is 17.0 Å². The molecule has 0 saturated carbocycles. The number of carbonyl (C=O) groups excluding carboxylic acids is 2. The molecule has 0 bridgehead atoms. The van der Waals surface area contributed by atoms with Crippen LogP contribution < -0.4 is 10.2 Å². The number of hydrogen-bond acceptors (Lipinski definition) is 3. The van der Waals surface area contributed by atoms with Crippen LogP contribution >= 0.6 is 0 Å². The lowest BCUT2D eigenvalue weighted by Gasteiger charge is -2.19. The molecular weight excluding hydrogens is 272 g/mol. The lowest BCUT2D eigenvalue weighted by atomic mass is 10.1. The fraction of sp³-hybridized carbons (Fsp3) is 0.400. The predicted octanol–water partition coefficient (Wildman–Crippen LogP) is 1.19. The van der Waals surface area contributed by atoms with Crippen LogP contribution in [0.15, 0.2) is 18.2 Å². The lowest BCUT2D eigenvalue weighted by Crippen LogP contribution is -2.42. The number of carboxylic acids is 1. The van der Waals surface area contributed by atoms with Gasteiger partial charge in [0, 0.05) is 11.7 Å². The summed E-state index contributed by atoms with van der Waals surface area (Å²) in [5, 5.41) is 11.8. The quantitative estimate of drug-likeness (QED) is 0.852. The van der Waals surface area contributed by atoms with Crippen LogP contribution in [0.5, 0.6) is 0 Å². The Hall–Kier alpha value is -2.37. The van der Waals surface area contributed by atoms with E-state index in [1.807, 2.05) is 13.8 Å². The van der Waals surface area contributed by atoms with Gasteiger partial charge in [-0.2, -0.15) is 0 Å². The van der Waals surface area contributed by atoms with Crippen LogP contribution in [0.25, 0.3) is 0 Å². The minimum Gasteiger partial charge on any atom is -0.478 e. The van der Waals surface area contributed by atoms with Gasteiger partial charge in [-0.05, 0) is 31.0 Å². The van der Waals surface area contributed by atoms with Crippen molar-refractivity contribution in [3.05, 3.63) is 29.3 Å². The molecule has 0 aliphatic carbocycles. The average molecular weight is 290 g/mol. The molecule has 1 unspecified atom stereocenters. The first-order valence-electron chi connectivity index (χ1n) is 6.88. The first kappa shape index (κ1) is 15.0. The summed E-state index contributed by atoms with van der Waals surface area (Å²) in [5.74, 6) is -1.49. The molecule has 112 valence electrons. The van der Waals surface area contributed by atoms with Crippen LogP contribution in [0, 0.1) is 0 Å². The molecule has 1 aromatic carbocycles. The average Bonchev–Trinajstić information content (AvgIpc) is 2.74. The Balaban J connectivity index is 2.19. The van der Waals surface area contributed by atoms with Crippen molar-refractivity contribution in [3.63, 3.8) is 0 Å². The van der Waals surface area contributed by atoms with E-state index in [1.54, 1.807) is 6.07 Å². The van der Waals surface area contributed by atoms with Crippen LogP contribution in [0.3, 0.4) is 0 Å². The molecule has 6 nitrogen and oxygen atoms in total. The van der Waals surface area contributed by atoms with Crippen molar-refractivity contribution in [2.75, 3.05) is 11.4 Å². The van der Waals surface area contributed by atoms with Crippen molar-refractivity contribution in [3.8, 4) is 0 Å². The van der Waals surface area contributed by atoms with Gasteiger partial charge in [0.2, 0.25) is 11.8 Å². The Morgan fingerprint density at radius 2 is 2.14 bits per heavy atom. The molecule has 1 aliphatic heterocycles. The second-order valence-corrected chi connectivity index (χ2v) is 5.18. The minimum atomic E-state index is -1.05. The van der Waals surface area contributed by atoms with Gasteiger partial charge in [-0.3, -0.25) is 9.59 Å². The largest absolute Gasteiger partial charge is 0.478 e. The topological polar surface area (TPSA) is 86.7 Å². The number of nitrogens with one attached hydrogen (secondary N) is 1. The molecule has 21 heavy (non-hydrogen) atoms. The third kappa shape index (κ3) is 3.21. The molecule has 0 radical (unpaired) electrons. The van der Waals surface area contributed by atoms with Gasteiger partial charge in [-0.1, -0.05) is 13.0 Å². The van der Waals surface area contributed by atoms with Crippen LogP contribution in [0.1, 0.15) is 36.2 Å². The van der Waals surface area contributed by atoms with Crippen LogP contribution in [-0.2, 0) is 16.0 Å².